The number of halogens is 1. The molecule has 0 unspecified atom stereocenters. The van der Waals surface area contributed by atoms with E-state index in [9.17, 15) is 14.3 Å². The molecule has 2 aliphatic rings. The molecular formula is C12H11FN4O2. The summed E-state index contributed by atoms with van der Waals surface area (Å²) in [6, 6.07) is 1.57. The van der Waals surface area contributed by atoms with Crippen molar-refractivity contribution in [2.75, 3.05) is 17.0 Å². The number of rotatable bonds is 1. The Labute approximate surface area is 107 Å². The van der Waals surface area contributed by atoms with Crippen molar-refractivity contribution in [1.29, 1.82) is 0 Å². The SMILES string of the molecule is O=c1nc2c(F)c(CO)cc3c2c2n1CCCN2N3. The maximum absolute atomic E-state index is 14.2. The number of nitrogens with zero attached hydrogens (tertiary/aromatic N) is 3. The molecule has 0 saturated carbocycles. The summed E-state index contributed by atoms with van der Waals surface area (Å²) < 4.78 is 15.8. The van der Waals surface area contributed by atoms with Crippen LogP contribution in [0, 0.1) is 5.82 Å². The monoisotopic (exact) mass is 262 g/mol. The topological polar surface area (TPSA) is 70.4 Å². The van der Waals surface area contributed by atoms with E-state index in [2.05, 4.69) is 10.4 Å². The van der Waals surface area contributed by atoms with Crippen molar-refractivity contribution >= 4 is 22.4 Å². The van der Waals surface area contributed by atoms with Crippen LogP contribution >= 0.6 is 0 Å². The van der Waals surface area contributed by atoms with Crippen LogP contribution in [-0.4, -0.2) is 21.2 Å². The Balaban J connectivity index is 2.20. The molecule has 1 aromatic carbocycles. The zero-order valence-electron chi connectivity index (χ0n) is 9.98. The lowest BCUT2D eigenvalue weighted by Crippen LogP contribution is -2.38. The van der Waals surface area contributed by atoms with Gasteiger partial charge in [-0.25, -0.2) is 9.18 Å². The number of hydrogen-bond acceptors (Lipinski definition) is 5. The molecule has 0 spiro atoms. The van der Waals surface area contributed by atoms with Crippen LogP contribution in [0.5, 0.6) is 0 Å². The second kappa shape index (κ2) is 3.45. The van der Waals surface area contributed by atoms with Crippen molar-refractivity contribution in [1.82, 2.24) is 9.55 Å². The summed E-state index contributed by atoms with van der Waals surface area (Å²) in [5.41, 5.74) is 3.56. The molecule has 3 heterocycles. The highest BCUT2D eigenvalue weighted by molar-refractivity contribution is 6.05. The molecule has 19 heavy (non-hydrogen) atoms. The summed E-state index contributed by atoms with van der Waals surface area (Å²) in [6.45, 7) is 0.929. The van der Waals surface area contributed by atoms with Crippen molar-refractivity contribution in [2.24, 2.45) is 0 Å². The fourth-order valence-corrected chi connectivity index (χ4v) is 2.84. The molecule has 0 atom stereocenters. The predicted octanol–water partition coefficient (Wildman–Crippen LogP) is 0.579. The molecular weight excluding hydrogens is 251 g/mol. The molecule has 2 aliphatic heterocycles. The average Bonchev–Trinajstić information content (AvgIpc) is 2.79. The summed E-state index contributed by atoms with van der Waals surface area (Å²) in [7, 11) is 0. The van der Waals surface area contributed by atoms with Gasteiger partial charge in [-0.05, 0) is 12.5 Å². The molecule has 2 aromatic rings. The van der Waals surface area contributed by atoms with E-state index in [1.54, 1.807) is 10.6 Å². The Hall–Kier alpha value is -2.15. The Bertz CT molecular complexity index is 771. The van der Waals surface area contributed by atoms with Crippen LogP contribution in [0.1, 0.15) is 12.0 Å². The van der Waals surface area contributed by atoms with Crippen LogP contribution in [0.2, 0.25) is 0 Å². The van der Waals surface area contributed by atoms with E-state index in [-0.39, 0.29) is 11.1 Å². The fourth-order valence-electron chi connectivity index (χ4n) is 2.84. The first-order valence-corrected chi connectivity index (χ1v) is 6.11. The van der Waals surface area contributed by atoms with Crippen LogP contribution in [0.4, 0.5) is 15.9 Å². The summed E-state index contributed by atoms with van der Waals surface area (Å²) in [5.74, 6) is 0.0654. The molecule has 0 saturated heterocycles. The molecule has 0 fully saturated rings. The first-order valence-electron chi connectivity index (χ1n) is 6.11. The molecule has 0 radical (unpaired) electrons. The molecule has 0 bridgehead atoms. The summed E-state index contributed by atoms with van der Waals surface area (Å²) in [4.78, 5) is 15.8. The Morgan fingerprint density at radius 3 is 3.11 bits per heavy atom. The Morgan fingerprint density at radius 1 is 1.47 bits per heavy atom. The number of hydrogen-bond donors (Lipinski definition) is 2. The van der Waals surface area contributed by atoms with Crippen LogP contribution in [0.15, 0.2) is 10.9 Å². The van der Waals surface area contributed by atoms with Gasteiger partial charge in [-0.2, -0.15) is 4.98 Å². The van der Waals surface area contributed by atoms with E-state index in [1.165, 1.54) is 0 Å². The molecule has 98 valence electrons. The average molecular weight is 262 g/mol. The van der Waals surface area contributed by atoms with E-state index in [4.69, 9.17) is 0 Å². The van der Waals surface area contributed by atoms with Gasteiger partial charge >= 0.3 is 5.69 Å². The maximum atomic E-state index is 14.2. The molecule has 1 aromatic heterocycles. The fraction of sp³-hybridized carbons (Fsp3) is 0.333. The highest BCUT2D eigenvalue weighted by Crippen LogP contribution is 2.40. The predicted molar refractivity (Wildman–Crippen MR) is 67.5 cm³/mol. The smallest absolute Gasteiger partial charge is 0.349 e. The second-order valence-corrected chi connectivity index (χ2v) is 4.77. The Kier molecular flexibility index (Phi) is 1.95. The minimum Gasteiger partial charge on any atom is -0.392 e. The zero-order chi connectivity index (χ0) is 13.1. The van der Waals surface area contributed by atoms with Gasteiger partial charge in [0.25, 0.3) is 0 Å². The molecule has 6 nitrogen and oxygen atoms in total. The van der Waals surface area contributed by atoms with Crippen molar-refractivity contribution in [3.8, 4) is 0 Å². The lowest BCUT2D eigenvalue weighted by molar-refractivity contribution is 0.276. The molecule has 7 heteroatoms. The number of aromatic nitrogens is 2. The van der Waals surface area contributed by atoms with E-state index in [0.717, 1.165) is 13.0 Å². The van der Waals surface area contributed by atoms with E-state index in [0.29, 0.717) is 23.4 Å². The van der Waals surface area contributed by atoms with E-state index in [1.807, 2.05) is 5.01 Å². The van der Waals surface area contributed by atoms with E-state index < -0.39 is 18.1 Å². The van der Waals surface area contributed by atoms with Crippen LogP contribution in [-0.2, 0) is 13.2 Å². The molecule has 2 N–H and O–H groups in total. The maximum Gasteiger partial charge on any atom is 0.349 e. The molecule has 4 rings (SSSR count). The van der Waals surface area contributed by atoms with Gasteiger partial charge in [-0.15, -0.1) is 0 Å². The third kappa shape index (κ3) is 1.22. The third-order valence-electron chi connectivity index (χ3n) is 3.68. The minimum absolute atomic E-state index is 0.0368. The second-order valence-electron chi connectivity index (χ2n) is 4.77. The number of aliphatic hydroxyl groups excluding tert-OH is 1. The lowest BCUT2D eigenvalue weighted by Gasteiger charge is -2.27. The van der Waals surface area contributed by atoms with Gasteiger partial charge in [-0.3, -0.25) is 15.0 Å². The first-order chi connectivity index (χ1) is 9.20. The highest BCUT2D eigenvalue weighted by atomic mass is 19.1. The van der Waals surface area contributed by atoms with Gasteiger partial charge < -0.3 is 5.11 Å². The number of hydrazine groups is 1. The van der Waals surface area contributed by atoms with Gasteiger partial charge in [0.05, 0.1) is 17.7 Å². The first kappa shape index (κ1) is 10.7. The number of anilines is 2. The van der Waals surface area contributed by atoms with Gasteiger partial charge in [-0.1, -0.05) is 0 Å². The Morgan fingerprint density at radius 2 is 2.32 bits per heavy atom. The third-order valence-corrected chi connectivity index (χ3v) is 3.68. The zero-order valence-corrected chi connectivity index (χ0v) is 9.98. The van der Waals surface area contributed by atoms with Crippen molar-refractivity contribution < 1.29 is 9.50 Å². The molecule has 0 amide bonds. The van der Waals surface area contributed by atoms with E-state index >= 15 is 0 Å². The van der Waals surface area contributed by atoms with Crippen molar-refractivity contribution in [3.63, 3.8) is 0 Å². The van der Waals surface area contributed by atoms with Gasteiger partial charge in [0.2, 0.25) is 0 Å². The largest absolute Gasteiger partial charge is 0.392 e. The summed E-state index contributed by atoms with van der Waals surface area (Å²) >= 11 is 0. The molecule has 0 aliphatic carbocycles. The summed E-state index contributed by atoms with van der Waals surface area (Å²) in [5, 5.41) is 11.6. The highest BCUT2D eigenvalue weighted by Gasteiger charge is 2.31. The number of benzene rings is 1. The normalized spacial score (nSPS) is 16.0. The lowest BCUT2D eigenvalue weighted by atomic mass is 10.1. The minimum atomic E-state index is -0.615. The van der Waals surface area contributed by atoms with Crippen molar-refractivity contribution in [2.45, 2.75) is 19.6 Å². The standard InChI is InChI=1S/C12H11FN4O2/c13-9-6(5-18)4-7-8-10(9)14-12(19)16-2-1-3-17(15-7)11(8)16/h4,15,18H,1-3,5H2. The summed E-state index contributed by atoms with van der Waals surface area (Å²) in [6.07, 6.45) is 0.830. The quantitative estimate of drug-likeness (QED) is 0.786. The number of nitrogens with one attached hydrogen (secondary N) is 1. The number of aliphatic hydroxyl groups is 1. The van der Waals surface area contributed by atoms with Gasteiger partial charge in [0.15, 0.2) is 5.82 Å². The van der Waals surface area contributed by atoms with Crippen LogP contribution < -0.4 is 16.1 Å². The van der Waals surface area contributed by atoms with Crippen LogP contribution in [0.3, 0.4) is 0 Å². The van der Waals surface area contributed by atoms with Gasteiger partial charge in [0.1, 0.15) is 11.3 Å². The van der Waals surface area contributed by atoms with Crippen LogP contribution in [0.25, 0.3) is 10.9 Å². The van der Waals surface area contributed by atoms with Crippen molar-refractivity contribution in [3.05, 3.63) is 27.9 Å². The van der Waals surface area contributed by atoms with Gasteiger partial charge in [0, 0.05) is 18.7 Å².